The molecule has 0 aromatic heterocycles. The van der Waals surface area contributed by atoms with Gasteiger partial charge in [0.2, 0.25) is 5.91 Å². The number of carbonyl (C=O) groups is 1. The summed E-state index contributed by atoms with van der Waals surface area (Å²) in [6.45, 7) is 15.5. The predicted octanol–water partition coefficient (Wildman–Crippen LogP) is 6.58. The van der Waals surface area contributed by atoms with Crippen molar-refractivity contribution in [3.05, 3.63) is 0 Å². The van der Waals surface area contributed by atoms with E-state index in [1.54, 1.807) is 0 Å². The van der Waals surface area contributed by atoms with Crippen LogP contribution in [0, 0.1) is 5.41 Å². The van der Waals surface area contributed by atoms with Gasteiger partial charge < -0.3 is 4.90 Å². The van der Waals surface area contributed by atoms with Crippen LogP contribution in [-0.2, 0) is 4.79 Å². The molecule has 0 aliphatic heterocycles. The lowest BCUT2D eigenvalue weighted by molar-refractivity contribution is -0.139. The number of hydrogen-bond donors (Lipinski definition) is 0. The second-order valence-corrected chi connectivity index (χ2v) is 8.33. The van der Waals surface area contributed by atoms with E-state index < -0.39 is 0 Å². The Balaban J connectivity index is 5.32. The lowest BCUT2D eigenvalue weighted by Crippen LogP contribution is -2.48. The maximum Gasteiger partial charge on any atom is 0.223 e. The van der Waals surface area contributed by atoms with E-state index in [0.29, 0.717) is 24.4 Å². The SMILES string of the molecule is CCCCC(CCCC)N(C(=O)CC(C)(C)C)C(CC)CCC. The van der Waals surface area contributed by atoms with Crippen molar-refractivity contribution in [3.8, 4) is 0 Å². The summed E-state index contributed by atoms with van der Waals surface area (Å²) in [5.74, 6) is 0.384. The van der Waals surface area contributed by atoms with Gasteiger partial charge in [0.25, 0.3) is 0 Å². The van der Waals surface area contributed by atoms with Gasteiger partial charge in [0.05, 0.1) is 0 Å². The zero-order valence-electron chi connectivity index (χ0n) is 17.1. The van der Waals surface area contributed by atoms with Crippen molar-refractivity contribution in [1.82, 2.24) is 4.90 Å². The van der Waals surface area contributed by atoms with Crippen molar-refractivity contribution in [1.29, 1.82) is 0 Å². The highest BCUT2D eigenvalue weighted by atomic mass is 16.2. The van der Waals surface area contributed by atoms with E-state index in [-0.39, 0.29) is 5.41 Å². The fourth-order valence-electron chi connectivity index (χ4n) is 3.43. The van der Waals surface area contributed by atoms with Crippen LogP contribution < -0.4 is 0 Å². The molecule has 0 aromatic rings. The predicted molar refractivity (Wildman–Crippen MR) is 103 cm³/mol. The molecule has 23 heavy (non-hydrogen) atoms. The van der Waals surface area contributed by atoms with Crippen LogP contribution in [0.4, 0.5) is 0 Å². The third-order valence-corrected chi connectivity index (χ3v) is 4.63. The monoisotopic (exact) mass is 325 g/mol. The van der Waals surface area contributed by atoms with Crippen LogP contribution in [0.15, 0.2) is 0 Å². The molecule has 0 N–H and O–H groups in total. The standard InChI is InChI=1S/C21H43NO/c1-8-12-15-19(16-13-9-2)22(18(11-4)14-10-3)20(23)17-21(5,6)7/h18-19H,8-17H2,1-7H3. The van der Waals surface area contributed by atoms with E-state index in [4.69, 9.17) is 0 Å². The fourth-order valence-corrected chi connectivity index (χ4v) is 3.43. The van der Waals surface area contributed by atoms with Crippen molar-refractivity contribution in [2.75, 3.05) is 0 Å². The first kappa shape index (κ1) is 22.5. The van der Waals surface area contributed by atoms with Crippen LogP contribution >= 0.6 is 0 Å². The zero-order chi connectivity index (χ0) is 17.9. The van der Waals surface area contributed by atoms with Gasteiger partial charge in [-0.1, -0.05) is 80.6 Å². The average molecular weight is 326 g/mol. The Kier molecular flexibility index (Phi) is 11.6. The van der Waals surface area contributed by atoms with Gasteiger partial charge >= 0.3 is 0 Å². The number of nitrogens with zero attached hydrogens (tertiary/aromatic N) is 1. The summed E-state index contributed by atoms with van der Waals surface area (Å²) in [5.41, 5.74) is 0.0693. The summed E-state index contributed by atoms with van der Waals surface area (Å²) in [7, 11) is 0. The lowest BCUT2D eigenvalue weighted by Gasteiger charge is -2.40. The Morgan fingerprint density at radius 1 is 0.826 bits per heavy atom. The minimum atomic E-state index is 0.0693. The van der Waals surface area contributed by atoms with E-state index in [1.165, 1.54) is 38.5 Å². The second-order valence-electron chi connectivity index (χ2n) is 8.33. The van der Waals surface area contributed by atoms with Gasteiger partial charge in [-0.2, -0.15) is 0 Å². The van der Waals surface area contributed by atoms with E-state index in [9.17, 15) is 4.79 Å². The van der Waals surface area contributed by atoms with Crippen LogP contribution in [-0.4, -0.2) is 22.9 Å². The first-order valence-electron chi connectivity index (χ1n) is 10.1. The average Bonchev–Trinajstić information content (AvgIpc) is 2.46. The molecule has 0 rings (SSSR count). The zero-order valence-corrected chi connectivity index (χ0v) is 17.1. The van der Waals surface area contributed by atoms with Gasteiger partial charge in [-0.25, -0.2) is 0 Å². The molecule has 0 aromatic carbocycles. The summed E-state index contributed by atoms with van der Waals surface area (Å²) >= 11 is 0. The van der Waals surface area contributed by atoms with Crippen LogP contribution in [0.1, 0.15) is 113 Å². The normalized spacial score (nSPS) is 13.4. The van der Waals surface area contributed by atoms with Crippen LogP contribution in [0.2, 0.25) is 0 Å². The lowest BCUT2D eigenvalue weighted by atomic mass is 9.89. The number of carbonyl (C=O) groups excluding carboxylic acids is 1. The summed E-state index contributed by atoms with van der Waals surface area (Å²) in [5, 5.41) is 0. The molecule has 1 amide bonds. The largest absolute Gasteiger partial charge is 0.337 e. The maximum absolute atomic E-state index is 13.1. The minimum Gasteiger partial charge on any atom is -0.337 e. The van der Waals surface area contributed by atoms with Crippen LogP contribution in [0.3, 0.4) is 0 Å². The van der Waals surface area contributed by atoms with Gasteiger partial charge in [0.1, 0.15) is 0 Å². The third-order valence-electron chi connectivity index (χ3n) is 4.63. The fraction of sp³-hybridized carbons (Fsp3) is 0.952. The molecule has 0 saturated carbocycles. The number of rotatable bonds is 12. The molecule has 0 saturated heterocycles. The number of hydrogen-bond acceptors (Lipinski definition) is 1. The maximum atomic E-state index is 13.1. The highest BCUT2D eigenvalue weighted by Gasteiger charge is 2.30. The molecule has 1 unspecified atom stereocenters. The number of amides is 1. The molecule has 2 nitrogen and oxygen atoms in total. The molecule has 0 heterocycles. The summed E-state index contributed by atoms with van der Waals surface area (Å²) in [6, 6.07) is 0.870. The molecule has 138 valence electrons. The Hall–Kier alpha value is -0.530. The first-order valence-corrected chi connectivity index (χ1v) is 10.1. The highest BCUT2D eigenvalue weighted by molar-refractivity contribution is 5.77. The van der Waals surface area contributed by atoms with E-state index >= 15 is 0 Å². The third kappa shape index (κ3) is 9.37. The van der Waals surface area contributed by atoms with Crippen LogP contribution in [0.25, 0.3) is 0 Å². The molecule has 1 atom stereocenters. The molecular weight excluding hydrogens is 282 g/mol. The minimum absolute atomic E-state index is 0.0693. The molecule has 0 aliphatic carbocycles. The van der Waals surface area contributed by atoms with Gasteiger partial charge in [0, 0.05) is 18.5 Å². The van der Waals surface area contributed by atoms with E-state index in [0.717, 1.165) is 19.3 Å². The van der Waals surface area contributed by atoms with Crippen molar-refractivity contribution in [3.63, 3.8) is 0 Å². The molecule has 0 radical (unpaired) electrons. The molecule has 0 bridgehead atoms. The highest BCUT2D eigenvalue weighted by Crippen LogP contribution is 2.27. The number of unbranched alkanes of at least 4 members (excludes halogenated alkanes) is 2. The van der Waals surface area contributed by atoms with E-state index in [2.05, 4.69) is 53.4 Å². The van der Waals surface area contributed by atoms with Gasteiger partial charge in [-0.15, -0.1) is 0 Å². The van der Waals surface area contributed by atoms with E-state index in [1.807, 2.05) is 0 Å². The van der Waals surface area contributed by atoms with Crippen molar-refractivity contribution >= 4 is 5.91 Å². The second kappa shape index (κ2) is 11.9. The Morgan fingerprint density at radius 2 is 1.35 bits per heavy atom. The van der Waals surface area contributed by atoms with Gasteiger partial charge in [-0.05, 0) is 31.1 Å². The van der Waals surface area contributed by atoms with Gasteiger partial charge in [-0.3, -0.25) is 4.79 Å². The van der Waals surface area contributed by atoms with Crippen LogP contribution in [0.5, 0.6) is 0 Å². The molecule has 0 fully saturated rings. The molecule has 0 spiro atoms. The van der Waals surface area contributed by atoms with Crippen molar-refractivity contribution in [2.24, 2.45) is 5.41 Å². The molecule has 0 aliphatic rings. The van der Waals surface area contributed by atoms with Crippen molar-refractivity contribution < 1.29 is 4.79 Å². The van der Waals surface area contributed by atoms with Gasteiger partial charge in [0.15, 0.2) is 0 Å². The summed E-state index contributed by atoms with van der Waals surface area (Å²) in [4.78, 5) is 15.4. The topological polar surface area (TPSA) is 20.3 Å². The Morgan fingerprint density at radius 3 is 1.70 bits per heavy atom. The Labute approximate surface area is 146 Å². The Bertz CT molecular complexity index is 297. The quantitative estimate of drug-likeness (QED) is 0.397. The summed E-state index contributed by atoms with van der Waals surface area (Å²) in [6.07, 6.45) is 11.3. The summed E-state index contributed by atoms with van der Waals surface area (Å²) < 4.78 is 0. The molecular formula is C21H43NO. The first-order chi connectivity index (χ1) is 10.8. The van der Waals surface area contributed by atoms with Crippen molar-refractivity contribution in [2.45, 2.75) is 125 Å². The smallest absolute Gasteiger partial charge is 0.223 e. The molecule has 2 heteroatoms.